The van der Waals surface area contributed by atoms with Gasteiger partial charge in [-0.15, -0.1) is 0 Å². The van der Waals surface area contributed by atoms with E-state index in [1.54, 1.807) is 17.0 Å². The fraction of sp³-hybridized carbons (Fsp3) is 0.600. The van der Waals surface area contributed by atoms with E-state index < -0.39 is 5.54 Å². The molecule has 2 saturated heterocycles. The van der Waals surface area contributed by atoms with Crippen molar-refractivity contribution in [2.24, 2.45) is 5.92 Å². The number of Topliss-reactive ketones (excluding diaryl/α,β-unsaturated/α-hetero) is 1. The number of hydrogen-bond acceptors (Lipinski definition) is 3. The molecule has 2 unspecified atom stereocenters. The van der Waals surface area contributed by atoms with Crippen molar-refractivity contribution < 1.29 is 14.0 Å². The summed E-state index contributed by atoms with van der Waals surface area (Å²) in [5.74, 6) is 0.208. The first kappa shape index (κ1) is 16.7. The van der Waals surface area contributed by atoms with E-state index in [0.717, 1.165) is 19.0 Å². The highest BCUT2D eigenvalue weighted by molar-refractivity contribution is 6.19. The Morgan fingerprint density at radius 2 is 2.08 bits per heavy atom. The standard InChI is InChI=1S/C20H25FN2O2/c1-14-12-20(8-9-22(14)13-15-4-2-5-15)18(24)11-19(25)23(20)17-7-3-6-16(21)10-17/h3,6-7,10,14-15H,2,4-5,8-9,11-13H2,1H3. The number of rotatable bonds is 3. The van der Waals surface area contributed by atoms with Crippen molar-refractivity contribution in [2.75, 3.05) is 18.0 Å². The van der Waals surface area contributed by atoms with Crippen LogP contribution < -0.4 is 4.90 Å². The van der Waals surface area contributed by atoms with Gasteiger partial charge < -0.3 is 4.90 Å². The van der Waals surface area contributed by atoms with Crippen LogP contribution in [0, 0.1) is 11.7 Å². The Morgan fingerprint density at radius 1 is 1.28 bits per heavy atom. The fourth-order valence-corrected chi connectivity index (χ4v) is 4.75. The molecular weight excluding hydrogens is 319 g/mol. The Balaban J connectivity index is 1.60. The number of carbonyl (C=O) groups is 2. The van der Waals surface area contributed by atoms with Crippen molar-refractivity contribution in [1.29, 1.82) is 0 Å². The zero-order valence-corrected chi connectivity index (χ0v) is 14.7. The monoisotopic (exact) mass is 344 g/mol. The fourth-order valence-electron chi connectivity index (χ4n) is 4.75. The molecule has 134 valence electrons. The first-order valence-electron chi connectivity index (χ1n) is 9.35. The molecule has 1 spiro atoms. The number of hydrogen-bond donors (Lipinski definition) is 0. The van der Waals surface area contributed by atoms with Crippen molar-refractivity contribution in [2.45, 2.75) is 57.0 Å². The topological polar surface area (TPSA) is 40.6 Å². The third-order valence-corrected chi connectivity index (χ3v) is 6.36. The Bertz CT molecular complexity index is 703. The van der Waals surface area contributed by atoms with Gasteiger partial charge in [0, 0.05) is 24.8 Å². The number of piperidine rings is 1. The number of carbonyl (C=O) groups excluding carboxylic acids is 2. The maximum absolute atomic E-state index is 13.7. The molecule has 0 N–H and O–H groups in total. The van der Waals surface area contributed by atoms with Crippen LogP contribution in [0.4, 0.5) is 10.1 Å². The lowest BCUT2D eigenvalue weighted by Gasteiger charge is -2.48. The lowest BCUT2D eigenvalue weighted by Crippen LogP contribution is -2.60. The molecule has 0 bridgehead atoms. The van der Waals surface area contributed by atoms with Gasteiger partial charge in [-0.25, -0.2) is 4.39 Å². The molecule has 0 radical (unpaired) electrons. The number of benzene rings is 1. The predicted octanol–water partition coefficient (Wildman–Crippen LogP) is 3.15. The van der Waals surface area contributed by atoms with E-state index in [1.807, 2.05) is 0 Å². The smallest absolute Gasteiger partial charge is 0.235 e. The third-order valence-electron chi connectivity index (χ3n) is 6.36. The van der Waals surface area contributed by atoms with Gasteiger partial charge in [0.2, 0.25) is 5.91 Å². The van der Waals surface area contributed by atoms with Crippen LogP contribution in [0.2, 0.25) is 0 Å². The Morgan fingerprint density at radius 3 is 2.72 bits per heavy atom. The van der Waals surface area contributed by atoms with Gasteiger partial charge >= 0.3 is 0 Å². The molecule has 4 nitrogen and oxygen atoms in total. The van der Waals surface area contributed by atoms with Crippen molar-refractivity contribution in [3.05, 3.63) is 30.1 Å². The second-order valence-electron chi connectivity index (χ2n) is 7.94. The lowest BCUT2D eigenvalue weighted by molar-refractivity contribution is -0.124. The average Bonchev–Trinajstić information content (AvgIpc) is 2.75. The molecule has 2 atom stereocenters. The second kappa shape index (κ2) is 6.20. The van der Waals surface area contributed by atoms with Gasteiger partial charge in [-0.3, -0.25) is 14.5 Å². The van der Waals surface area contributed by atoms with Crippen molar-refractivity contribution in [3.63, 3.8) is 0 Å². The molecule has 0 aromatic heterocycles. The maximum atomic E-state index is 13.7. The highest BCUT2D eigenvalue weighted by Crippen LogP contribution is 2.42. The Labute approximate surface area is 148 Å². The highest BCUT2D eigenvalue weighted by atomic mass is 19.1. The summed E-state index contributed by atoms with van der Waals surface area (Å²) < 4.78 is 13.7. The summed E-state index contributed by atoms with van der Waals surface area (Å²) in [4.78, 5) is 29.4. The number of nitrogens with zero attached hydrogens (tertiary/aromatic N) is 2. The summed E-state index contributed by atoms with van der Waals surface area (Å²) in [5, 5.41) is 0. The van der Waals surface area contributed by atoms with Gasteiger partial charge in [-0.2, -0.15) is 0 Å². The minimum absolute atomic E-state index is 0.00287. The van der Waals surface area contributed by atoms with Crippen LogP contribution in [-0.2, 0) is 9.59 Å². The molecule has 2 aliphatic heterocycles. The Kier molecular flexibility index (Phi) is 4.14. The first-order valence-corrected chi connectivity index (χ1v) is 9.35. The van der Waals surface area contributed by atoms with E-state index in [2.05, 4.69) is 11.8 Å². The van der Waals surface area contributed by atoms with Gasteiger partial charge in [0.05, 0.1) is 6.42 Å². The van der Waals surface area contributed by atoms with Crippen LogP contribution in [0.1, 0.15) is 45.4 Å². The molecule has 1 amide bonds. The number of likely N-dealkylation sites (tertiary alicyclic amines) is 1. The van der Waals surface area contributed by atoms with Crippen LogP contribution in [0.15, 0.2) is 24.3 Å². The number of amides is 1. The van der Waals surface area contributed by atoms with Crippen molar-refractivity contribution in [3.8, 4) is 0 Å². The van der Waals surface area contributed by atoms with E-state index in [-0.39, 0.29) is 30.0 Å². The van der Waals surface area contributed by atoms with E-state index in [9.17, 15) is 14.0 Å². The molecule has 2 heterocycles. The van der Waals surface area contributed by atoms with Crippen LogP contribution in [0.25, 0.3) is 0 Å². The number of anilines is 1. The molecule has 1 aromatic carbocycles. The Hall–Kier alpha value is -1.75. The van der Waals surface area contributed by atoms with E-state index in [4.69, 9.17) is 0 Å². The van der Waals surface area contributed by atoms with Crippen LogP contribution in [-0.4, -0.2) is 41.3 Å². The zero-order chi connectivity index (χ0) is 17.6. The normalized spacial score (nSPS) is 31.0. The summed E-state index contributed by atoms with van der Waals surface area (Å²) in [5.41, 5.74) is -0.282. The van der Waals surface area contributed by atoms with Gasteiger partial charge in [0.15, 0.2) is 5.78 Å². The van der Waals surface area contributed by atoms with Gasteiger partial charge in [-0.1, -0.05) is 12.5 Å². The largest absolute Gasteiger partial charge is 0.300 e. The van der Waals surface area contributed by atoms with Gasteiger partial charge in [0.25, 0.3) is 0 Å². The van der Waals surface area contributed by atoms with Crippen molar-refractivity contribution >= 4 is 17.4 Å². The summed E-state index contributed by atoms with van der Waals surface area (Å²) in [6.07, 6.45) is 5.16. The molecule has 1 aliphatic carbocycles. The summed E-state index contributed by atoms with van der Waals surface area (Å²) >= 11 is 0. The molecule has 25 heavy (non-hydrogen) atoms. The van der Waals surface area contributed by atoms with Crippen LogP contribution >= 0.6 is 0 Å². The molecule has 4 rings (SSSR count). The number of halogens is 1. The minimum Gasteiger partial charge on any atom is -0.300 e. The molecular formula is C20H25FN2O2. The SMILES string of the molecule is CC1CC2(CCN1CC1CCC1)C(=O)CC(=O)N2c1cccc(F)c1. The molecule has 3 aliphatic rings. The first-order chi connectivity index (χ1) is 12.0. The summed E-state index contributed by atoms with van der Waals surface area (Å²) in [7, 11) is 0. The molecule has 1 saturated carbocycles. The van der Waals surface area contributed by atoms with E-state index >= 15 is 0 Å². The molecule has 1 aromatic rings. The van der Waals surface area contributed by atoms with Crippen LogP contribution in [0.5, 0.6) is 0 Å². The second-order valence-corrected chi connectivity index (χ2v) is 7.94. The average molecular weight is 344 g/mol. The minimum atomic E-state index is -0.791. The quantitative estimate of drug-likeness (QED) is 0.791. The van der Waals surface area contributed by atoms with Gasteiger partial charge in [-0.05, 0) is 56.7 Å². The molecule has 5 heteroatoms. The lowest BCUT2D eigenvalue weighted by atomic mass is 9.78. The number of ketones is 1. The third kappa shape index (κ3) is 2.78. The summed E-state index contributed by atoms with van der Waals surface area (Å²) in [6, 6.07) is 6.31. The van der Waals surface area contributed by atoms with Gasteiger partial charge in [0.1, 0.15) is 11.4 Å². The highest BCUT2D eigenvalue weighted by Gasteiger charge is 2.55. The summed E-state index contributed by atoms with van der Waals surface area (Å²) in [6.45, 7) is 4.07. The van der Waals surface area contributed by atoms with Crippen LogP contribution in [0.3, 0.4) is 0 Å². The maximum Gasteiger partial charge on any atom is 0.235 e. The van der Waals surface area contributed by atoms with E-state index in [1.165, 1.54) is 31.4 Å². The van der Waals surface area contributed by atoms with Crippen molar-refractivity contribution in [1.82, 2.24) is 4.90 Å². The predicted molar refractivity (Wildman–Crippen MR) is 93.9 cm³/mol. The molecule has 3 fully saturated rings. The van der Waals surface area contributed by atoms with E-state index in [0.29, 0.717) is 18.5 Å². The zero-order valence-electron chi connectivity index (χ0n) is 14.7.